The lowest BCUT2D eigenvalue weighted by atomic mass is 10.1. The zero-order valence-corrected chi connectivity index (χ0v) is 16.6. The molecule has 0 aliphatic carbocycles. The molecular weight excluding hydrogens is 395 g/mol. The van der Waals surface area contributed by atoms with Crippen LogP contribution < -0.4 is 4.90 Å². The summed E-state index contributed by atoms with van der Waals surface area (Å²) in [4.78, 5) is 29.0. The van der Waals surface area contributed by atoms with Gasteiger partial charge in [0.05, 0.1) is 10.0 Å². The number of anilines is 1. The molecule has 136 valence electrons. The van der Waals surface area contributed by atoms with Crippen LogP contribution in [0.25, 0.3) is 0 Å². The topological polar surface area (TPSA) is 40.6 Å². The number of halogens is 3. The van der Waals surface area contributed by atoms with Gasteiger partial charge in [-0.1, -0.05) is 40.9 Å². The van der Waals surface area contributed by atoms with Crippen molar-refractivity contribution in [3.05, 3.63) is 62.6 Å². The SMILES string of the molecule is Cc1c(Cl)cccc1N1CCN(C(=O)c2ccc(Cl)c(Cl)c2)[C@H](C)C1=O. The van der Waals surface area contributed by atoms with Crippen molar-refractivity contribution >= 4 is 52.3 Å². The summed E-state index contributed by atoms with van der Waals surface area (Å²) in [7, 11) is 0. The second-order valence-corrected chi connectivity index (χ2v) is 7.40. The van der Waals surface area contributed by atoms with Crippen LogP contribution in [0.3, 0.4) is 0 Å². The minimum atomic E-state index is -0.593. The first-order valence-electron chi connectivity index (χ1n) is 8.13. The molecule has 1 saturated heterocycles. The Morgan fingerprint density at radius 2 is 1.77 bits per heavy atom. The van der Waals surface area contributed by atoms with Gasteiger partial charge in [-0.25, -0.2) is 0 Å². The summed E-state index contributed by atoms with van der Waals surface area (Å²) in [6.45, 7) is 4.42. The zero-order valence-electron chi connectivity index (χ0n) is 14.3. The number of hydrogen-bond acceptors (Lipinski definition) is 2. The van der Waals surface area contributed by atoms with Crippen LogP contribution in [0.5, 0.6) is 0 Å². The molecule has 1 aliphatic rings. The molecule has 1 aliphatic heterocycles. The molecule has 2 aromatic rings. The molecule has 0 spiro atoms. The lowest BCUT2D eigenvalue weighted by Gasteiger charge is -2.39. The minimum absolute atomic E-state index is 0.143. The number of benzene rings is 2. The largest absolute Gasteiger partial charge is 0.325 e. The van der Waals surface area contributed by atoms with E-state index < -0.39 is 6.04 Å². The first-order valence-corrected chi connectivity index (χ1v) is 9.27. The predicted octanol–water partition coefficient (Wildman–Crippen LogP) is 4.83. The number of hydrogen-bond donors (Lipinski definition) is 0. The average molecular weight is 412 g/mol. The Morgan fingerprint density at radius 1 is 1.04 bits per heavy atom. The maximum absolute atomic E-state index is 12.9. The standard InChI is InChI=1S/C19H17Cl3N2O2/c1-11-14(20)4-3-5-17(11)24-9-8-23(12(2)18(24)25)19(26)13-6-7-15(21)16(22)10-13/h3-7,10,12H,8-9H2,1-2H3/t12-/m1/s1. The molecule has 0 unspecified atom stereocenters. The summed E-state index contributed by atoms with van der Waals surface area (Å²) in [5.74, 6) is -0.387. The van der Waals surface area contributed by atoms with E-state index in [1.165, 1.54) is 6.07 Å². The Labute approximate surface area is 167 Å². The third-order valence-electron chi connectivity index (χ3n) is 4.61. The molecule has 26 heavy (non-hydrogen) atoms. The highest BCUT2D eigenvalue weighted by Crippen LogP contribution is 2.30. The van der Waals surface area contributed by atoms with Gasteiger partial charge in [0.1, 0.15) is 6.04 Å². The summed E-state index contributed by atoms with van der Waals surface area (Å²) in [5.41, 5.74) is 2.03. The van der Waals surface area contributed by atoms with Crippen molar-refractivity contribution in [1.29, 1.82) is 0 Å². The Hall–Kier alpha value is -1.75. The molecule has 4 nitrogen and oxygen atoms in total. The molecule has 0 aromatic heterocycles. The van der Waals surface area contributed by atoms with Crippen molar-refractivity contribution in [1.82, 2.24) is 4.90 Å². The summed E-state index contributed by atoms with van der Waals surface area (Å²) in [5, 5.41) is 1.30. The van der Waals surface area contributed by atoms with Crippen molar-refractivity contribution in [3.8, 4) is 0 Å². The van der Waals surface area contributed by atoms with Crippen molar-refractivity contribution in [2.24, 2.45) is 0 Å². The van der Waals surface area contributed by atoms with Gasteiger partial charge < -0.3 is 9.80 Å². The van der Waals surface area contributed by atoms with Crippen LogP contribution in [0.15, 0.2) is 36.4 Å². The van der Waals surface area contributed by atoms with Crippen molar-refractivity contribution in [3.63, 3.8) is 0 Å². The molecule has 0 N–H and O–H groups in total. The van der Waals surface area contributed by atoms with E-state index in [2.05, 4.69) is 0 Å². The van der Waals surface area contributed by atoms with Crippen LogP contribution in [0.4, 0.5) is 5.69 Å². The Morgan fingerprint density at radius 3 is 2.46 bits per heavy atom. The third kappa shape index (κ3) is 3.41. The van der Waals surface area contributed by atoms with Crippen LogP contribution in [-0.4, -0.2) is 35.8 Å². The molecule has 0 saturated carbocycles. The molecule has 2 aromatic carbocycles. The molecule has 7 heteroatoms. The number of carbonyl (C=O) groups excluding carboxylic acids is 2. The molecule has 0 radical (unpaired) electrons. The van der Waals surface area contributed by atoms with E-state index >= 15 is 0 Å². The molecule has 1 atom stereocenters. The van der Waals surface area contributed by atoms with E-state index in [1.807, 2.05) is 19.1 Å². The number of carbonyl (C=O) groups is 2. The number of rotatable bonds is 2. The second kappa shape index (κ2) is 7.47. The van der Waals surface area contributed by atoms with E-state index in [0.29, 0.717) is 33.7 Å². The molecular formula is C19H17Cl3N2O2. The summed E-state index contributed by atoms with van der Waals surface area (Å²) in [6, 6.07) is 9.59. The minimum Gasteiger partial charge on any atom is -0.325 e. The zero-order chi connectivity index (χ0) is 19.0. The number of amides is 2. The number of nitrogens with zero attached hydrogens (tertiary/aromatic N) is 2. The average Bonchev–Trinajstić information content (AvgIpc) is 2.62. The van der Waals surface area contributed by atoms with Gasteiger partial charge >= 0.3 is 0 Å². The fourth-order valence-electron chi connectivity index (χ4n) is 3.07. The third-order valence-corrected chi connectivity index (χ3v) is 5.76. The van der Waals surface area contributed by atoms with Crippen molar-refractivity contribution in [2.45, 2.75) is 19.9 Å². The van der Waals surface area contributed by atoms with Crippen LogP contribution in [0.1, 0.15) is 22.8 Å². The monoisotopic (exact) mass is 410 g/mol. The van der Waals surface area contributed by atoms with Gasteiger partial charge in [-0.2, -0.15) is 0 Å². The van der Waals surface area contributed by atoms with E-state index in [0.717, 1.165) is 11.3 Å². The van der Waals surface area contributed by atoms with Gasteiger partial charge in [0.15, 0.2) is 0 Å². The highest BCUT2D eigenvalue weighted by atomic mass is 35.5. The van der Waals surface area contributed by atoms with E-state index in [-0.39, 0.29) is 11.8 Å². The first-order chi connectivity index (χ1) is 12.3. The molecule has 3 rings (SSSR count). The molecule has 1 fully saturated rings. The molecule has 0 bridgehead atoms. The van der Waals surface area contributed by atoms with E-state index in [9.17, 15) is 9.59 Å². The summed E-state index contributed by atoms with van der Waals surface area (Å²) in [6.07, 6.45) is 0. The highest BCUT2D eigenvalue weighted by Gasteiger charge is 2.36. The molecule has 2 amide bonds. The molecule has 1 heterocycles. The quantitative estimate of drug-likeness (QED) is 0.710. The summed E-state index contributed by atoms with van der Waals surface area (Å²) < 4.78 is 0. The Kier molecular flexibility index (Phi) is 5.47. The Balaban J connectivity index is 1.84. The van der Waals surface area contributed by atoms with Gasteiger partial charge in [-0.3, -0.25) is 9.59 Å². The van der Waals surface area contributed by atoms with Crippen molar-refractivity contribution in [2.75, 3.05) is 18.0 Å². The number of piperazine rings is 1. The first kappa shape index (κ1) is 19.0. The van der Waals surface area contributed by atoms with E-state index in [1.54, 1.807) is 34.9 Å². The van der Waals surface area contributed by atoms with Gasteiger partial charge in [-0.15, -0.1) is 0 Å². The predicted molar refractivity (Wildman–Crippen MR) is 106 cm³/mol. The second-order valence-electron chi connectivity index (χ2n) is 6.18. The van der Waals surface area contributed by atoms with Gasteiger partial charge in [0, 0.05) is 29.4 Å². The Bertz CT molecular complexity index is 885. The lowest BCUT2D eigenvalue weighted by molar-refractivity contribution is -0.124. The fourth-order valence-corrected chi connectivity index (χ4v) is 3.54. The van der Waals surface area contributed by atoms with Crippen molar-refractivity contribution < 1.29 is 9.59 Å². The van der Waals surface area contributed by atoms with Crippen LogP contribution in [0.2, 0.25) is 15.1 Å². The fraction of sp³-hybridized carbons (Fsp3) is 0.263. The highest BCUT2D eigenvalue weighted by molar-refractivity contribution is 6.42. The normalized spacial score (nSPS) is 17.6. The summed E-state index contributed by atoms with van der Waals surface area (Å²) >= 11 is 18.1. The van der Waals surface area contributed by atoms with Gasteiger partial charge in [0.2, 0.25) is 5.91 Å². The van der Waals surface area contributed by atoms with Crippen LogP contribution in [-0.2, 0) is 4.79 Å². The maximum Gasteiger partial charge on any atom is 0.254 e. The van der Waals surface area contributed by atoms with Gasteiger partial charge in [0.25, 0.3) is 5.91 Å². The van der Waals surface area contributed by atoms with Crippen LogP contribution in [0, 0.1) is 6.92 Å². The lowest BCUT2D eigenvalue weighted by Crippen LogP contribution is -2.58. The maximum atomic E-state index is 12.9. The smallest absolute Gasteiger partial charge is 0.254 e. The van der Waals surface area contributed by atoms with E-state index in [4.69, 9.17) is 34.8 Å². The van der Waals surface area contributed by atoms with Crippen LogP contribution >= 0.6 is 34.8 Å². The van der Waals surface area contributed by atoms with Gasteiger partial charge in [-0.05, 0) is 49.7 Å².